The molecule has 0 aliphatic carbocycles. The summed E-state index contributed by atoms with van der Waals surface area (Å²) < 4.78 is 7.18. The number of likely N-dealkylation sites (tertiary alicyclic amines) is 1. The normalized spacial score (nSPS) is 16.4. The number of hydrogen-bond donors (Lipinski definition) is 4. The molecule has 1 fully saturated rings. The van der Waals surface area contributed by atoms with Crippen molar-refractivity contribution in [1.29, 1.82) is 10.8 Å². The standard InChI is InChI=1S/C27H32N4O3S/c1-2-3-4-25(28)31-12-11-21(16-31)34-20-8-5-17(6-9-20)23(27(32)33)15-22-14-19-13-18(26(29)30)7-10-24(19)35-22/h5-10,13-14,21,23,28H,2-4,11-12,15-16H2,1H3,(H3,29,30)(H,32,33)/t21-,23?/m0/s1. The number of thiophene rings is 1. The molecular weight excluding hydrogens is 460 g/mol. The first kappa shape index (κ1) is 24.7. The van der Waals surface area contributed by atoms with E-state index in [0.29, 0.717) is 17.8 Å². The van der Waals surface area contributed by atoms with Crippen molar-refractivity contribution in [2.75, 3.05) is 13.1 Å². The quantitative estimate of drug-likeness (QED) is 0.228. The van der Waals surface area contributed by atoms with Crippen LogP contribution in [0.2, 0.25) is 0 Å². The summed E-state index contributed by atoms with van der Waals surface area (Å²) in [4.78, 5) is 15.2. The second-order valence-corrected chi connectivity index (χ2v) is 10.2. The van der Waals surface area contributed by atoms with E-state index in [1.807, 2.05) is 48.5 Å². The van der Waals surface area contributed by atoms with Crippen molar-refractivity contribution in [2.45, 2.75) is 51.0 Å². The molecule has 8 heteroatoms. The molecule has 1 saturated heterocycles. The van der Waals surface area contributed by atoms with E-state index in [-0.39, 0.29) is 11.9 Å². The van der Waals surface area contributed by atoms with Gasteiger partial charge in [-0.3, -0.25) is 15.6 Å². The predicted octanol–water partition coefficient (Wildman–Crippen LogP) is 5.22. The molecule has 3 aromatic rings. The number of unbranched alkanes of at least 4 members (excludes halogenated alkanes) is 1. The highest BCUT2D eigenvalue weighted by molar-refractivity contribution is 7.19. The third-order valence-corrected chi connectivity index (χ3v) is 7.60. The molecule has 0 radical (unpaired) electrons. The lowest BCUT2D eigenvalue weighted by molar-refractivity contribution is -0.138. The van der Waals surface area contributed by atoms with Crippen molar-refractivity contribution in [3.05, 3.63) is 64.5 Å². The van der Waals surface area contributed by atoms with Crippen molar-refractivity contribution >= 4 is 39.1 Å². The molecule has 0 bridgehead atoms. The van der Waals surface area contributed by atoms with E-state index in [0.717, 1.165) is 65.0 Å². The van der Waals surface area contributed by atoms with Gasteiger partial charge in [0.1, 0.15) is 17.7 Å². The van der Waals surface area contributed by atoms with E-state index in [4.69, 9.17) is 21.3 Å². The van der Waals surface area contributed by atoms with Gasteiger partial charge >= 0.3 is 5.97 Å². The van der Waals surface area contributed by atoms with E-state index in [1.54, 1.807) is 11.3 Å². The van der Waals surface area contributed by atoms with Crippen molar-refractivity contribution < 1.29 is 14.6 Å². The zero-order valence-corrected chi connectivity index (χ0v) is 20.7. The summed E-state index contributed by atoms with van der Waals surface area (Å²) >= 11 is 1.57. The van der Waals surface area contributed by atoms with Crippen LogP contribution in [0.25, 0.3) is 10.1 Å². The molecule has 2 atom stereocenters. The van der Waals surface area contributed by atoms with Crippen LogP contribution in [0.4, 0.5) is 0 Å². The van der Waals surface area contributed by atoms with Gasteiger partial charge in [0.05, 0.1) is 18.3 Å². The lowest BCUT2D eigenvalue weighted by Crippen LogP contribution is -2.30. The Hall–Kier alpha value is -3.39. The highest BCUT2D eigenvalue weighted by atomic mass is 32.1. The zero-order chi connectivity index (χ0) is 24.9. The Balaban J connectivity index is 1.40. The fraction of sp³-hybridized carbons (Fsp3) is 0.370. The van der Waals surface area contributed by atoms with Crippen LogP contribution in [0.1, 0.15) is 54.5 Å². The number of ether oxygens (including phenoxy) is 1. The average molecular weight is 493 g/mol. The highest BCUT2D eigenvalue weighted by Gasteiger charge is 2.26. The highest BCUT2D eigenvalue weighted by Crippen LogP contribution is 2.32. The minimum Gasteiger partial charge on any atom is -0.489 e. The number of nitrogens with zero attached hydrogens (tertiary/aromatic N) is 1. The number of carboxylic acids is 1. The molecule has 2 aromatic carbocycles. The Bertz CT molecular complexity index is 1220. The summed E-state index contributed by atoms with van der Waals surface area (Å²) in [5, 5.41) is 26.7. The number of nitrogens with one attached hydrogen (secondary N) is 2. The molecule has 1 unspecified atom stereocenters. The van der Waals surface area contributed by atoms with Crippen LogP contribution in [-0.4, -0.2) is 46.8 Å². The number of carbonyl (C=O) groups is 1. The SMILES string of the molecule is CCCCC(=N)N1CC[C@H](Oc2ccc(C(Cc3cc4cc(C(=N)N)ccc4s3)C(=O)O)cc2)C1. The van der Waals surface area contributed by atoms with Crippen molar-refractivity contribution in [3.63, 3.8) is 0 Å². The number of carboxylic acid groups (broad SMARTS) is 1. The molecule has 0 spiro atoms. The van der Waals surface area contributed by atoms with E-state index >= 15 is 0 Å². The molecule has 5 N–H and O–H groups in total. The Labute approximate surface area is 209 Å². The first-order valence-electron chi connectivity index (χ1n) is 12.0. The predicted molar refractivity (Wildman–Crippen MR) is 141 cm³/mol. The van der Waals surface area contributed by atoms with Gasteiger partial charge in [-0.05, 0) is 60.2 Å². The summed E-state index contributed by atoms with van der Waals surface area (Å²) in [6.45, 7) is 3.70. The van der Waals surface area contributed by atoms with Gasteiger partial charge in [0.15, 0.2) is 0 Å². The summed E-state index contributed by atoms with van der Waals surface area (Å²) in [5.41, 5.74) is 7.00. The van der Waals surface area contributed by atoms with Gasteiger partial charge in [-0.2, -0.15) is 0 Å². The minimum atomic E-state index is -0.863. The Morgan fingerprint density at radius 3 is 2.69 bits per heavy atom. The van der Waals surface area contributed by atoms with E-state index in [1.165, 1.54) is 0 Å². The summed E-state index contributed by atoms with van der Waals surface area (Å²) in [5.74, 6) is -0.0896. The van der Waals surface area contributed by atoms with Crippen molar-refractivity contribution in [1.82, 2.24) is 4.90 Å². The van der Waals surface area contributed by atoms with Gasteiger partial charge in [0.2, 0.25) is 0 Å². The maximum Gasteiger partial charge on any atom is 0.311 e. The smallest absolute Gasteiger partial charge is 0.311 e. The van der Waals surface area contributed by atoms with Crippen LogP contribution in [0.5, 0.6) is 5.75 Å². The lowest BCUT2D eigenvalue weighted by atomic mass is 9.95. The van der Waals surface area contributed by atoms with Gasteiger partial charge in [0.25, 0.3) is 0 Å². The molecule has 4 rings (SSSR count). The summed E-state index contributed by atoms with van der Waals surface area (Å²) in [6, 6.07) is 15.0. The second-order valence-electron chi connectivity index (χ2n) is 9.07. The summed E-state index contributed by atoms with van der Waals surface area (Å²) in [7, 11) is 0. The first-order valence-corrected chi connectivity index (χ1v) is 12.8. The van der Waals surface area contributed by atoms with Crippen LogP contribution in [0, 0.1) is 10.8 Å². The third-order valence-electron chi connectivity index (χ3n) is 6.46. The second kappa shape index (κ2) is 10.9. The Morgan fingerprint density at radius 2 is 2.00 bits per heavy atom. The van der Waals surface area contributed by atoms with Gasteiger partial charge in [0, 0.05) is 34.5 Å². The van der Waals surface area contributed by atoms with Crippen LogP contribution >= 0.6 is 11.3 Å². The molecular formula is C27H32N4O3S. The Kier molecular flexibility index (Phi) is 7.70. The van der Waals surface area contributed by atoms with Crippen LogP contribution < -0.4 is 10.5 Å². The van der Waals surface area contributed by atoms with Crippen LogP contribution in [-0.2, 0) is 11.2 Å². The van der Waals surface area contributed by atoms with Gasteiger partial charge in [-0.1, -0.05) is 25.5 Å². The maximum atomic E-state index is 12.1. The van der Waals surface area contributed by atoms with E-state index in [9.17, 15) is 9.90 Å². The maximum absolute atomic E-state index is 12.1. The lowest BCUT2D eigenvalue weighted by Gasteiger charge is -2.20. The van der Waals surface area contributed by atoms with Gasteiger partial charge < -0.3 is 20.5 Å². The number of rotatable bonds is 10. The molecule has 7 nitrogen and oxygen atoms in total. The number of amidine groups is 2. The molecule has 1 aliphatic rings. The zero-order valence-electron chi connectivity index (χ0n) is 19.9. The number of benzene rings is 2. The largest absolute Gasteiger partial charge is 0.489 e. The number of aliphatic carboxylic acids is 1. The molecule has 0 saturated carbocycles. The number of nitrogens with two attached hydrogens (primary N) is 1. The summed E-state index contributed by atoms with van der Waals surface area (Å²) in [6.07, 6.45) is 4.24. The van der Waals surface area contributed by atoms with E-state index < -0.39 is 11.9 Å². The average Bonchev–Trinajstić information content (AvgIpc) is 3.47. The number of nitrogen functional groups attached to an aromatic ring is 1. The van der Waals surface area contributed by atoms with Crippen LogP contribution in [0.15, 0.2) is 48.5 Å². The fourth-order valence-electron chi connectivity index (χ4n) is 4.46. The number of hydrogen-bond acceptors (Lipinski definition) is 5. The van der Waals surface area contributed by atoms with Gasteiger partial charge in [-0.25, -0.2) is 0 Å². The number of fused-ring (bicyclic) bond motifs is 1. The molecule has 0 amide bonds. The Morgan fingerprint density at radius 1 is 1.23 bits per heavy atom. The molecule has 2 heterocycles. The van der Waals surface area contributed by atoms with Crippen LogP contribution in [0.3, 0.4) is 0 Å². The fourth-order valence-corrected chi connectivity index (χ4v) is 5.55. The van der Waals surface area contributed by atoms with E-state index in [2.05, 4.69) is 11.8 Å². The van der Waals surface area contributed by atoms with Crippen molar-refractivity contribution in [3.8, 4) is 5.75 Å². The third kappa shape index (κ3) is 6.00. The molecule has 35 heavy (non-hydrogen) atoms. The van der Waals surface area contributed by atoms with Crippen molar-refractivity contribution in [2.24, 2.45) is 5.73 Å². The first-order chi connectivity index (χ1) is 16.8. The van der Waals surface area contributed by atoms with Gasteiger partial charge in [-0.15, -0.1) is 11.3 Å². The topological polar surface area (TPSA) is 123 Å². The molecule has 184 valence electrons. The molecule has 1 aliphatic heterocycles. The monoisotopic (exact) mass is 492 g/mol. The molecule has 1 aromatic heterocycles. The minimum absolute atomic E-state index is 0.0189.